The van der Waals surface area contributed by atoms with E-state index in [0.29, 0.717) is 29.3 Å². The average molecular weight is 344 g/mol. The number of carbonyl (C=O) groups is 1. The SMILES string of the molecule is COc1c(CB2O[C@@H]3C[C@@H]4C[C@@H](C4(C)C)[C@]3(C)O2)cccc1C(=O)O. The molecule has 5 nitrogen and oxygen atoms in total. The van der Waals surface area contributed by atoms with E-state index in [2.05, 4.69) is 20.8 Å². The Morgan fingerprint density at radius 2 is 2.12 bits per heavy atom. The van der Waals surface area contributed by atoms with Crippen LogP contribution in [0.5, 0.6) is 5.75 Å². The van der Waals surface area contributed by atoms with Gasteiger partial charge in [0.1, 0.15) is 11.3 Å². The van der Waals surface area contributed by atoms with E-state index in [1.165, 1.54) is 13.5 Å². The lowest BCUT2D eigenvalue weighted by Crippen LogP contribution is -2.65. The summed E-state index contributed by atoms with van der Waals surface area (Å²) in [6.45, 7) is 6.86. The van der Waals surface area contributed by atoms with Gasteiger partial charge in [-0.25, -0.2) is 4.79 Å². The molecule has 1 aromatic rings. The van der Waals surface area contributed by atoms with Gasteiger partial charge in [-0.15, -0.1) is 0 Å². The quantitative estimate of drug-likeness (QED) is 0.850. The molecule has 1 saturated heterocycles. The third kappa shape index (κ3) is 2.34. The number of para-hydroxylation sites is 1. The van der Waals surface area contributed by atoms with E-state index in [-0.39, 0.29) is 24.4 Å². The molecule has 4 atom stereocenters. The summed E-state index contributed by atoms with van der Waals surface area (Å²) in [4.78, 5) is 11.4. The van der Waals surface area contributed by atoms with Crippen molar-refractivity contribution in [3.05, 3.63) is 29.3 Å². The van der Waals surface area contributed by atoms with Gasteiger partial charge >= 0.3 is 13.1 Å². The highest BCUT2D eigenvalue weighted by Crippen LogP contribution is 2.65. The van der Waals surface area contributed by atoms with E-state index >= 15 is 0 Å². The number of aromatic carboxylic acids is 1. The second-order valence-corrected chi connectivity index (χ2v) is 8.41. The van der Waals surface area contributed by atoms with Crippen LogP contribution in [0.15, 0.2) is 18.2 Å². The van der Waals surface area contributed by atoms with Gasteiger partial charge in [-0.3, -0.25) is 0 Å². The van der Waals surface area contributed by atoms with Crippen molar-refractivity contribution in [2.45, 2.75) is 51.6 Å². The number of carboxylic acids is 1. The molecule has 6 heteroatoms. The van der Waals surface area contributed by atoms with Crippen molar-refractivity contribution in [2.75, 3.05) is 7.11 Å². The second-order valence-electron chi connectivity index (χ2n) is 8.41. The lowest BCUT2D eigenvalue weighted by Gasteiger charge is -2.64. The van der Waals surface area contributed by atoms with Crippen molar-refractivity contribution >= 4 is 13.1 Å². The van der Waals surface area contributed by atoms with Crippen molar-refractivity contribution in [3.8, 4) is 5.75 Å². The van der Waals surface area contributed by atoms with E-state index in [4.69, 9.17) is 14.0 Å². The standard InChI is InChI=1S/C19H25BO5/c1-18(2)12-8-14(18)19(3)15(9-12)24-20(25-19)10-11-6-5-7-13(17(21)22)16(11)23-4/h5-7,12,14-15H,8-10H2,1-4H3,(H,21,22)/t12-,14-,15+,19-/m0/s1. The van der Waals surface area contributed by atoms with Crippen LogP contribution < -0.4 is 4.74 Å². The molecule has 0 aromatic heterocycles. The third-order valence-electron chi connectivity index (χ3n) is 6.92. The van der Waals surface area contributed by atoms with Crippen molar-refractivity contribution in [1.82, 2.24) is 0 Å². The third-order valence-corrected chi connectivity index (χ3v) is 6.92. The van der Waals surface area contributed by atoms with Crippen LogP contribution in [0.25, 0.3) is 0 Å². The molecule has 0 radical (unpaired) electrons. The molecule has 0 spiro atoms. The van der Waals surface area contributed by atoms with Gasteiger partial charge < -0.3 is 19.2 Å². The smallest absolute Gasteiger partial charge is 0.462 e. The van der Waals surface area contributed by atoms with Gasteiger partial charge in [-0.05, 0) is 48.6 Å². The number of benzene rings is 1. The molecule has 4 aliphatic rings. The number of hydrogen-bond acceptors (Lipinski definition) is 4. The molecule has 1 N–H and O–H groups in total. The summed E-state index contributed by atoms with van der Waals surface area (Å²) in [7, 11) is 1.14. The molecule has 1 aromatic carbocycles. The Balaban J connectivity index is 1.56. The first kappa shape index (κ1) is 16.9. The number of hydrogen-bond donors (Lipinski definition) is 1. The Morgan fingerprint density at radius 3 is 2.76 bits per heavy atom. The van der Waals surface area contributed by atoms with E-state index < -0.39 is 5.97 Å². The number of methoxy groups -OCH3 is 1. The molecule has 1 heterocycles. The van der Waals surface area contributed by atoms with Crippen molar-refractivity contribution < 1.29 is 23.9 Å². The molecule has 3 saturated carbocycles. The zero-order chi connectivity index (χ0) is 18.0. The van der Waals surface area contributed by atoms with Crippen LogP contribution >= 0.6 is 0 Å². The fraction of sp³-hybridized carbons (Fsp3) is 0.632. The fourth-order valence-corrected chi connectivity index (χ4v) is 5.37. The first-order chi connectivity index (χ1) is 11.8. The molecular formula is C19H25BO5. The van der Waals surface area contributed by atoms with E-state index in [1.807, 2.05) is 6.07 Å². The van der Waals surface area contributed by atoms with Crippen LogP contribution in [0.2, 0.25) is 0 Å². The lowest BCUT2D eigenvalue weighted by molar-refractivity contribution is -0.199. The highest BCUT2D eigenvalue weighted by molar-refractivity contribution is 6.45. The maximum Gasteiger partial charge on any atom is 0.462 e. The van der Waals surface area contributed by atoms with Crippen LogP contribution in [0.1, 0.15) is 49.5 Å². The van der Waals surface area contributed by atoms with E-state index in [1.54, 1.807) is 12.1 Å². The zero-order valence-electron chi connectivity index (χ0n) is 15.2. The van der Waals surface area contributed by atoms with Gasteiger partial charge in [0, 0.05) is 6.32 Å². The molecule has 2 bridgehead atoms. The van der Waals surface area contributed by atoms with E-state index in [9.17, 15) is 9.90 Å². The second kappa shape index (κ2) is 5.48. The largest absolute Gasteiger partial charge is 0.496 e. The van der Waals surface area contributed by atoms with Crippen molar-refractivity contribution in [2.24, 2.45) is 17.3 Å². The van der Waals surface area contributed by atoms with Crippen LogP contribution in [-0.2, 0) is 15.6 Å². The maximum absolute atomic E-state index is 11.4. The van der Waals surface area contributed by atoms with Gasteiger partial charge in [0.15, 0.2) is 0 Å². The Bertz CT molecular complexity index is 718. The molecule has 0 unspecified atom stereocenters. The highest BCUT2D eigenvalue weighted by Gasteiger charge is 2.67. The number of rotatable bonds is 4. The molecule has 5 rings (SSSR count). The lowest BCUT2D eigenvalue weighted by atomic mass is 9.43. The monoisotopic (exact) mass is 344 g/mol. The summed E-state index contributed by atoms with van der Waals surface area (Å²) in [5, 5.41) is 9.35. The first-order valence-electron chi connectivity index (χ1n) is 8.99. The summed E-state index contributed by atoms with van der Waals surface area (Å²) >= 11 is 0. The molecule has 4 fully saturated rings. The minimum Gasteiger partial charge on any atom is -0.496 e. The van der Waals surface area contributed by atoms with Crippen LogP contribution in [0.4, 0.5) is 0 Å². The molecule has 0 amide bonds. The van der Waals surface area contributed by atoms with Gasteiger partial charge in [0.2, 0.25) is 0 Å². The predicted octanol–water partition coefficient (Wildman–Crippen LogP) is 3.20. The van der Waals surface area contributed by atoms with Crippen LogP contribution in [0.3, 0.4) is 0 Å². The molecule has 1 aliphatic heterocycles. The topological polar surface area (TPSA) is 65.0 Å². The van der Waals surface area contributed by atoms with Gasteiger partial charge in [-0.2, -0.15) is 0 Å². The Labute approximate surface area is 148 Å². The molecular weight excluding hydrogens is 319 g/mol. The first-order valence-corrected chi connectivity index (χ1v) is 8.99. The van der Waals surface area contributed by atoms with E-state index in [0.717, 1.165) is 12.0 Å². The fourth-order valence-electron chi connectivity index (χ4n) is 5.37. The molecule has 25 heavy (non-hydrogen) atoms. The number of ether oxygens (including phenoxy) is 1. The van der Waals surface area contributed by atoms with Crippen LogP contribution in [-0.4, -0.2) is 37.0 Å². The molecule has 3 aliphatic carbocycles. The summed E-state index contributed by atoms with van der Waals surface area (Å²) in [5.41, 5.74) is 1.04. The summed E-state index contributed by atoms with van der Waals surface area (Å²) in [6, 6.07) is 5.18. The Hall–Kier alpha value is -1.53. The number of carboxylic acid groups (broad SMARTS) is 1. The van der Waals surface area contributed by atoms with Gasteiger partial charge in [0.05, 0.1) is 18.8 Å². The summed E-state index contributed by atoms with van der Waals surface area (Å²) < 4.78 is 18.0. The highest BCUT2D eigenvalue weighted by atomic mass is 16.7. The Morgan fingerprint density at radius 1 is 1.36 bits per heavy atom. The van der Waals surface area contributed by atoms with Gasteiger partial charge in [-0.1, -0.05) is 26.0 Å². The summed E-state index contributed by atoms with van der Waals surface area (Å²) in [6.07, 6.45) is 2.88. The Kier molecular flexibility index (Phi) is 3.71. The minimum atomic E-state index is -0.991. The van der Waals surface area contributed by atoms with Gasteiger partial charge in [0.25, 0.3) is 0 Å². The maximum atomic E-state index is 11.4. The van der Waals surface area contributed by atoms with Crippen LogP contribution in [0, 0.1) is 17.3 Å². The normalized spacial score (nSPS) is 35.0. The van der Waals surface area contributed by atoms with Crippen molar-refractivity contribution in [1.29, 1.82) is 0 Å². The average Bonchev–Trinajstić information content (AvgIpc) is 2.89. The molecule has 134 valence electrons. The summed E-state index contributed by atoms with van der Waals surface area (Å²) in [5.74, 6) is 0.630. The predicted molar refractivity (Wildman–Crippen MR) is 93.8 cm³/mol. The minimum absolute atomic E-state index is 0.128. The van der Waals surface area contributed by atoms with Crippen molar-refractivity contribution in [3.63, 3.8) is 0 Å². The zero-order valence-corrected chi connectivity index (χ0v) is 15.2.